The summed E-state index contributed by atoms with van der Waals surface area (Å²) in [5, 5.41) is 1.16. The monoisotopic (exact) mass is 196 g/mol. The molecule has 1 radical (unpaired) electrons. The Morgan fingerprint density at radius 1 is 1.20 bits per heavy atom. The van der Waals surface area contributed by atoms with Gasteiger partial charge < -0.3 is 4.57 Å². The molecule has 75 valence electrons. The molecule has 1 aromatic carbocycles. The minimum Gasteiger partial charge on any atom is -0.340 e. The minimum absolute atomic E-state index is 0.827. The lowest BCUT2D eigenvalue weighted by Crippen LogP contribution is -1.99. The largest absolute Gasteiger partial charge is 0.340 e. The molecular weight excluding hydrogens is 182 g/mol. The molecule has 0 saturated heterocycles. The van der Waals surface area contributed by atoms with Gasteiger partial charge in [-0.3, -0.25) is 0 Å². The first-order valence-electron chi connectivity index (χ1n) is 5.08. The fraction of sp³-hybridized carbons (Fsp3) is 0.143. The summed E-state index contributed by atoms with van der Waals surface area (Å²) in [6.07, 6.45) is 4.67. The predicted molar refractivity (Wildman–Crippen MR) is 64.9 cm³/mol. The van der Waals surface area contributed by atoms with Crippen LogP contribution >= 0.6 is 0 Å². The third-order valence-electron chi connectivity index (χ3n) is 2.45. The van der Waals surface area contributed by atoms with E-state index in [9.17, 15) is 0 Å². The second-order valence-electron chi connectivity index (χ2n) is 3.48. The minimum atomic E-state index is 0.827. The quantitative estimate of drug-likeness (QED) is 0.661. The van der Waals surface area contributed by atoms with Gasteiger partial charge in [0, 0.05) is 35.6 Å². The summed E-state index contributed by atoms with van der Waals surface area (Å²) < 4.78 is 2.23. The van der Waals surface area contributed by atoms with Crippen molar-refractivity contribution in [3.63, 3.8) is 0 Å². The Kier molecular flexibility index (Phi) is 2.72. The van der Waals surface area contributed by atoms with Gasteiger partial charge in [-0.25, -0.2) is 0 Å². The van der Waals surface area contributed by atoms with Crippen molar-refractivity contribution in [2.45, 2.75) is 13.0 Å². The highest BCUT2D eigenvalue weighted by molar-refractivity contribution is 5.80. The lowest BCUT2D eigenvalue weighted by atomic mass is 10.2. The number of fused-ring (bicyclic) bond motifs is 1. The molecular formula is C14H14N. The highest BCUT2D eigenvalue weighted by Gasteiger charge is 2.05. The first kappa shape index (κ1) is 9.78. The summed E-state index contributed by atoms with van der Waals surface area (Å²) in [5.74, 6) is 0. The smallest absolute Gasteiger partial charge is 0.0492 e. The van der Waals surface area contributed by atoms with Crippen LogP contribution in [-0.4, -0.2) is 4.57 Å². The van der Waals surface area contributed by atoms with E-state index in [1.165, 1.54) is 11.2 Å². The molecule has 15 heavy (non-hydrogen) atoms. The fourth-order valence-electron chi connectivity index (χ4n) is 1.82. The van der Waals surface area contributed by atoms with Crippen LogP contribution < -0.4 is 0 Å². The van der Waals surface area contributed by atoms with E-state index in [0.717, 1.165) is 18.4 Å². The molecule has 0 amide bonds. The van der Waals surface area contributed by atoms with Crippen LogP contribution in [0.25, 0.3) is 10.9 Å². The van der Waals surface area contributed by atoms with Gasteiger partial charge in [-0.05, 0) is 6.07 Å². The summed E-state index contributed by atoms with van der Waals surface area (Å²) in [5.41, 5.74) is 2.39. The summed E-state index contributed by atoms with van der Waals surface area (Å²) in [4.78, 5) is 0. The first-order chi connectivity index (χ1) is 7.36. The number of benzene rings is 1. The van der Waals surface area contributed by atoms with Crippen LogP contribution in [0.4, 0.5) is 0 Å². The number of hydrogen-bond donors (Lipinski definition) is 0. The van der Waals surface area contributed by atoms with E-state index in [0.29, 0.717) is 0 Å². The van der Waals surface area contributed by atoms with E-state index in [-0.39, 0.29) is 0 Å². The average molecular weight is 196 g/mol. The maximum atomic E-state index is 3.78. The average Bonchev–Trinajstić information content (AvgIpc) is 2.59. The van der Waals surface area contributed by atoms with E-state index in [1.807, 2.05) is 24.3 Å². The normalized spacial score (nSPS) is 10.4. The van der Waals surface area contributed by atoms with E-state index < -0.39 is 0 Å². The van der Waals surface area contributed by atoms with Gasteiger partial charge in [-0.1, -0.05) is 30.4 Å². The van der Waals surface area contributed by atoms with Crippen molar-refractivity contribution < 1.29 is 0 Å². The summed E-state index contributed by atoms with van der Waals surface area (Å²) >= 11 is 0. The van der Waals surface area contributed by atoms with Crippen LogP contribution in [-0.2, 0) is 13.0 Å². The Bertz CT molecular complexity index is 491. The number of rotatable bonds is 4. The molecule has 0 fully saturated rings. The molecule has 0 spiro atoms. The number of aromatic nitrogens is 1. The molecule has 1 nitrogen and oxygen atoms in total. The van der Waals surface area contributed by atoms with E-state index in [1.54, 1.807) is 0 Å². The number of nitrogens with zero attached hydrogens (tertiary/aromatic N) is 1. The van der Waals surface area contributed by atoms with Crippen molar-refractivity contribution in [1.29, 1.82) is 0 Å². The van der Waals surface area contributed by atoms with Crippen molar-refractivity contribution in [2.75, 3.05) is 0 Å². The van der Waals surface area contributed by atoms with E-state index in [2.05, 4.69) is 35.9 Å². The highest BCUT2D eigenvalue weighted by atomic mass is 15.0. The van der Waals surface area contributed by atoms with Gasteiger partial charge in [0.05, 0.1) is 0 Å². The van der Waals surface area contributed by atoms with Gasteiger partial charge in [-0.15, -0.1) is 13.2 Å². The molecule has 0 aliphatic rings. The standard InChI is InChI=1S/C14H14N/c1-3-7-13-11-12-8-5-6-9-14(12)15(13)10-4-2/h3-6,8-9H,1-2,7,10H2. The third kappa shape index (κ3) is 1.73. The second-order valence-corrected chi connectivity index (χ2v) is 3.48. The van der Waals surface area contributed by atoms with Gasteiger partial charge in [0.2, 0.25) is 0 Å². The Balaban J connectivity index is 2.62. The molecule has 2 aromatic rings. The highest BCUT2D eigenvalue weighted by Crippen LogP contribution is 2.19. The van der Waals surface area contributed by atoms with Crippen LogP contribution in [0.1, 0.15) is 5.69 Å². The molecule has 0 aliphatic carbocycles. The van der Waals surface area contributed by atoms with Crippen LogP contribution in [0.3, 0.4) is 0 Å². The predicted octanol–water partition coefficient (Wildman–Crippen LogP) is 3.36. The van der Waals surface area contributed by atoms with E-state index >= 15 is 0 Å². The first-order valence-corrected chi connectivity index (χ1v) is 5.08. The molecule has 1 aromatic heterocycles. The lowest BCUT2D eigenvalue weighted by Gasteiger charge is -2.05. The van der Waals surface area contributed by atoms with Gasteiger partial charge in [0.15, 0.2) is 0 Å². The number of para-hydroxylation sites is 1. The zero-order valence-corrected chi connectivity index (χ0v) is 8.74. The van der Waals surface area contributed by atoms with Crippen LogP contribution in [0.5, 0.6) is 0 Å². The Hall–Kier alpha value is -1.76. The molecule has 1 heteroatoms. The zero-order valence-electron chi connectivity index (χ0n) is 8.74. The fourth-order valence-corrected chi connectivity index (χ4v) is 1.82. The molecule has 0 saturated carbocycles. The molecule has 0 unspecified atom stereocenters. The summed E-state index contributed by atoms with van der Waals surface area (Å²) in [6, 6.07) is 11.7. The zero-order chi connectivity index (χ0) is 10.7. The topological polar surface area (TPSA) is 4.93 Å². The molecule has 0 atom stereocenters. The van der Waals surface area contributed by atoms with Crippen molar-refractivity contribution in [1.82, 2.24) is 4.57 Å². The van der Waals surface area contributed by atoms with Crippen molar-refractivity contribution in [2.24, 2.45) is 0 Å². The molecule has 1 heterocycles. The molecule has 2 rings (SSSR count). The van der Waals surface area contributed by atoms with Crippen LogP contribution in [0.15, 0.2) is 49.6 Å². The van der Waals surface area contributed by atoms with Crippen LogP contribution in [0.2, 0.25) is 0 Å². The Morgan fingerprint density at radius 2 is 2.00 bits per heavy atom. The Morgan fingerprint density at radius 3 is 2.73 bits per heavy atom. The Labute approximate surface area is 90.3 Å². The van der Waals surface area contributed by atoms with Crippen molar-refractivity contribution in [3.8, 4) is 0 Å². The van der Waals surface area contributed by atoms with Gasteiger partial charge in [0.1, 0.15) is 0 Å². The number of hydrogen-bond acceptors (Lipinski definition) is 0. The van der Waals surface area contributed by atoms with Crippen molar-refractivity contribution in [3.05, 3.63) is 61.3 Å². The molecule has 0 N–H and O–H groups in total. The van der Waals surface area contributed by atoms with Crippen molar-refractivity contribution >= 4 is 10.9 Å². The SMILES string of the molecule is C=CCc1[c]c2ccccc2n1CC=C. The summed E-state index contributed by atoms with van der Waals surface area (Å²) in [7, 11) is 0. The second kappa shape index (κ2) is 4.18. The van der Waals surface area contributed by atoms with Crippen LogP contribution in [0, 0.1) is 6.07 Å². The molecule has 0 bridgehead atoms. The van der Waals surface area contributed by atoms with E-state index in [4.69, 9.17) is 0 Å². The van der Waals surface area contributed by atoms with Gasteiger partial charge >= 0.3 is 0 Å². The number of allylic oxidation sites excluding steroid dienone is 2. The van der Waals surface area contributed by atoms with Gasteiger partial charge in [-0.2, -0.15) is 0 Å². The maximum absolute atomic E-state index is 3.78. The molecule has 0 aliphatic heterocycles. The lowest BCUT2D eigenvalue weighted by molar-refractivity contribution is 0.810. The maximum Gasteiger partial charge on any atom is 0.0492 e. The summed E-state index contributed by atoms with van der Waals surface area (Å²) in [6.45, 7) is 8.38. The third-order valence-corrected chi connectivity index (χ3v) is 2.45. The van der Waals surface area contributed by atoms with Gasteiger partial charge in [0.25, 0.3) is 0 Å².